The van der Waals surface area contributed by atoms with Crippen molar-refractivity contribution in [2.45, 2.75) is 13.1 Å². The number of para-hydroxylation sites is 1. The molecule has 27 heavy (non-hydrogen) atoms. The third-order valence-corrected chi connectivity index (χ3v) is 4.09. The number of aromatic nitrogens is 5. The second kappa shape index (κ2) is 7.20. The highest BCUT2D eigenvalue weighted by molar-refractivity contribution is 5.90. The number of nitrogens with one attached hydrogen (secondary N) is 1. The standard InChI is InChI=1S/C19H16N6O2/c26-18(10-24-13-21-17-4-2-1-3-16(17)19(24)27)23-15-7-5-14(6-8-15)9-25-12-20-11-22-25/h1-8,11-13H,9-10H2,(H,23,26). The SMILES string of the molecule is O=C(Cn1cnc2ccccc2c1=O)Nc1ccc(Cn2cncn2)cc1. The van der Waals surface area contributed by atoms with Crippen molar-refractivity contribution in [2.24, 2.45) is 0 Å². The number of carbonyl (C=O) groups is 1. The Morgan fingerprint density at radius 3 is 2.63 bits per heavy atom. The van der Waals surface area contributed by atoms with Crippen molar-refractivity contribution < 1.29 is 4.79 Å². The van der Waals surface area contributed by atoms with Crippen LogP contribution in [-0.4, -0.2) is 30.2 Å². The molecule has 0 radical (unpaired) electrons. The number of amides is 1. The second-order valence-electron chi connectivity index (χ2n) is 6.03. The molecule has 1 N–H and O–H groups in total. The van der Waals surface area contributed by atoms with E-state index in [0.717, 1.165) is 5.56 Å². The molecule has 0 aliphatic heterocycles. The summed E-state index contributed by atoms with van der Waals surface area (Å²) in [7, 11) is 0. The molecule has 0 saturated heterocycles. The minimum absolute atomic E-state index is 0.0998. The van der Waals surface area contributed by atoms with Crippen LogP contribution in [-0.2, 0) is 17.9 Å². The van der Waals surface area contributed by atoms with Crippen LogP contribution in [0, 0.1) is 0 Å². The third kappa shape index (κ3) is 3.74. The van der Waals surface area contributed by atoms with Gasteiger partial charge < -0.3 is 5.32 Å². The van der Waals surface area contributed by atoms with Crippen LogP contribution < -0.4 is 10.9 Å². The lowest BCUT2D eigenvalue weighted by molar-refractivity contribution is -0.116. The molecule has 0 aliphatic carbocycles. The van der Waals surface area contributed by atoms with E-state index in [-0.39, 0.29) is 18.0 Å². The molecular weight excluding hydrogens is 344 g/mol. The zero-order chi connectivity index (χ0) is 18.6. The van der Waals surface area contributed by atoms with Crippen molar-refractivity contribution in [2.75, 3.05) is 5.32 Å². The maximum Gasteiger partial charge on any atom is 0.261 e. The quantitative estimate of drug-likeness (QED) is 0.584. The van der Waals surface area contributed by atoms with E-state index >= 15 is 0 Å². The summed E-state index contributed by atoms with van der Waals surface area (Å²) in [4.78, 5) is 32.9. The maximum absolute atomic E-state index is 12.4. The number of rotatable bonds is 5. The van der Waals surface area contributed by atoms with Gasteiger partial charge in [-0.25, -0.2) is 14.6 Å². The van der Waals surface area contributed by atoms with Crippen molar-refractivity contribution in [3.05, 3.63) is 83.4 Å². The summed E-state index contributed by atoms with van der Waals surface area (Å²) in [5.74, 6) is -0.293. The Hall–Kier alpha value is -3.81. The summed E-state index contributed by atoms with van der Waals surface area (Å²) in [5.41, 5.74) is 2.07. The predicted octanol–water partition coefficient (Wildman–Crippen LogP) is 1.67. The van der Waals surface area contributed by atoms with Gasteiger partial charge in [0.15, 0.2) is 0 Å². The largest absolute Gasteiger partial charge is 0.325 e. The minimum atomic E-state index is -0.293. The fourth-order valence-electron chi connectivity index (χ4n) is 2.77. The molecule has 2 aromatic carbocycles. The van der Waals surface area contributed by atoms with Gasteiger partial charge in [0, 0.05) is 5.69 Å². The molecule has 0 bridgehead atoms. The summed E-state index contributed by atoms with van der Waals surface area (Å²) in [6.07, 6.45) is 4.52. The molecule has 2 heterocycles. The van der Waals surface area contributed by atoms with Crippen LogP contribution in [0.15, 0.2) is 72.3 Å². The van der Waals surface area contributed by atoms with E-state index in [1.807, 2.05) is 30.3 Å². The summed E-state index contributed by atoms with van der Waals surface area (Å²) in [6.45, 7) is 0.504. The van der Waals surface area contributed by atoms with E-state index in [1.165, 1.54) is 17.2 Å². The van der Waals surface area contributed by atoms with Crippen LogP contribution in [0.5, 0.6) is 0 Å². The molecular formula is C19H16N6O2. The Labute approximate surface area is 154 Å². The molecule has 0 saturated carbocycles. The molecule has 1 amide bonds. The highest BCUT2D eigenvalue weighted by Gasteiger charge is 2.08. The van der Waals surface area contributed by atoms with Crippen LogP contribution in [0.3, 0.4) is 0 Å². The summed E-state index contributed by atoms with van der Waals surface area (Å²) >= 11 is 0. The third-order valence-electron chi connectivity index (χ3n) is 4.09. The van der Waals surface area contributed by atoms with Gasteiger partial charge in [0.2, 0.25) is 5.91 Å². The first-order chi connectivity index (χ1) is 13.2. The highest BCUT2D eigenvalue weighted by atomic mass is 16.2. The Kier molecular flexibility index (Phi) is 4.44. The Morgan fingerprint density at radius 1 is 1.04 bits per heavy atom. The summed E-state index contributed by atoms with van der Waals surface area (Å²) < 4.78 is 3.02. The first-order valence-electron chi connectivity index (χ1n) is 8.34. The summed E-state index contributed by atoms with van der Waals surface area (Å²) in [6, 6.07) is 14.5. The van der Waals surface area contributed by atoms with Crippen molar-refractivity contribution in [1.82, 2.24) is 24.3 Å². The molecule has 0 aliphatic rings. The van der Waals surface area contributed by atoms with Gasteiger partial charge in [-0.1, -0.05) is 24.3 Å². The minimum Gasteiger partial charge on any atom is -0.325 e. The first kappa shape index (κ1) is 16.6. The van der Waals surface area contributed by atoms with Crippen LogP contribution in [0.25, 0.3) is 10.9 Å². The van der Waals surface area contributed by atoms with Crippen molar-refractivity contribution in [1.29, 1.82) is 0 Å². The molecule has 0 spiro atoms. The average Bonchev–Trinajstić information content (AvgIpc) is 3.19. The highest BCUT2D eigenvalue weighted by Crippen LogP contribution is 2.11. The van der Waals surface area contributed by atoms with Crippen LogP contribution in [0.1, 0.15) is 5.56 Å². The zero-order valence-corrected chi connectivity index (χ0v) is 14.3. The predicted molar refractivity (Wildman–Crippen MR) is 100 cm³/mol. The van der Waals surface area contributed by atoms with Gasteiger partial charge in [-0.2, -0.15) is 5.10 Å². The molecule has 0 atom stereocenters. The Balaban J connectivity index is 1.43. The van der Waals surface area contributed by atoms with Gasteiger partial charge >= 0.3 is 0 Å². The van der Waals surface area contributed by atoms with Gasteiger partial charge in [0.05, 0.1) is 23.8 Å². The molecule has 2 aromatic heterocycles. The molecule has 134 valence electrons. The number of hydrogen-bond donors (Lipinski definition) is 1. The fraction of sp³-hybridized carbons (Fsp3) is 0.105. The monoisotopic (exact) mass is 360 g/mol. The lowest BCUT2D eigenvalue weighted by atomic mass is 10.2. The lowest BCUT2D eigenvalue weighted by Crippen LogP contribution is -2.27. The molecule has 8 nitrogen and oxygen atoms in total. The molecule has 8 heteroatoms. The topological polar surface area (TPSA) is 94.7 Å². The van der Waals surface area contributed by atoms with Crippen molar-refractivity contribution in [3.63, 3.8) is 0 Å². The van der Waals surface area contributed by atoms with Gasteiger partial charge in [-0.15, -0.1) is 0 Å². The summed E-state index contributed by atoms with van der Waals surface area (Å²) in [5, 5.41) is 7.34. The number of hydrogen-bond acceptors (Lipinski definition) is 5. The van der Waals surface area contributed by atoms with Gasteiger partial charge in [-0.05, 0) is 29.8 Å². The van der Waals surface area contributed by atoms with Gasteiger partial charge in [0.1, 0.15) is 19.2 Å². The van der Waals surface area contributed by atoms with Crippen molar-refractivity contribution in [3.8, 4) is 0 Å². The van der Waals surface area contributed by atoms with E-state index in [9.17, 15) is 9.59 Å². The van der Waals surface area contributed by atoms with E-state index in [2.05, 4.69) is 20.4 Å². The Bertz CT molecular complexity index is 1130. The number of fused-ring (bicyclic) bond motifs is 1. The smallest absolute Gasteiger partial charge is 0.261 e. The number of nitrogens with zero attached hydrogens (tertiary/aromatic N) is 5. The van der Waals surface area contributed by atoms with Crippen LogP contribution in [0.2, 0.25) is 0 Å². The average molecular weight is 360 g/mol. The van der Waals surface area contributed by atoms with E-state index in [4.69, 9.17) is 0 Å². The zero-order valence-electron chi connectivity index (χ0n) is 14.3. The van der Waals surface area contributed by atoms with E-state index in [1.54, 1.807) is 29.2 Å². The Morgan fingerprint density at radius 2 is 1.85 bits per heavy atom. The lowest BCUT2D eigenvalue weighted by Gasteiger charge is -2.09. The van der Waals surface area contributed by atoms with Gasteiger partial charge in [0.25, 0.3) is 5.56 Å². The van der Waals surface area contributed by atoms with Crippen LogP contribution >= 0.6 is 0 Å². The van der Waals surface area contributed by atoms with Crippen molar-refractivity contribution >= 4 is 22.5 Å². The normalized spacial score (nSPS) is 10.8. The van der Waals surface area contributed by atoms with Crippen LogP contribution in [0.4, 0.5) is 5.69 Å². The maximum atomic E-state index is 12.4. The molecule has 4 rings (SSSR count). The van der Waals surface area contributed by atoms with E-state index in [0.29, 0.717) is 23.1 Å². The fourth-order valence-corrected chi connectivity index (χ4v) is 2.77. The number of anilines is 1. The molecule has 4 aromatic rings. The molecule has 0 fully saturated rings. The second-order valence-corrected chi connectivity index (χ2v) is 6.03. The number of carbonyl (C=O) groups excluding carboxylic acids is 1. The van der Waals surface area contributed by atoms with E-state index < -0.39 is 0 Å². The van der Waals surface area contributed by atoms with Gasteiger partial charge in [-0.3, -0.25) is 14.2 Å². The first-order valence-corrected chi connectivity index (χ1v) is 8.34. The molecule has 0 unspecified atom stereocenters. The number of benzene rings is 2.